The Hall–Kier alpha value is -0.780. The molecule has 1 aromatic rings. The second-order valence-electron chi connectivity index (χ2n) is 3.24. The van der Waals surface area contributed by atoms with Crippen LogP contribution in [-0.2, 0) is 4.79 Å². The SMILES string of the molecule is CN1C/C(=C/[Te]c2ccccc2)C1=O. The number of likely N-dealkylation sites (tertiary alicyclic amines) is 1. The first kappa shape index (κ1) is 9.76. The van der Waals surface area contributed by atoms with E-state index in [4.69, 9.17) is 0 Å². The van der Waals surface area contributed by atoms with Crippen LogP contribution in [0.25, 0.3) is 0 Å². The number of carbonyl (C=O) groups is 1. The summed E-state index contributed by atoms with van der Waals surface area (Å²) in [4.78, 5) is 13.0. The van der Waals surface area contributed by atoms with Crippen molar-refractivity contribution in [2.75, 3.05) is 13.6 Å². The van der Waals surface area contributed by atoms with Crippen molar-refractivity contribution in [1.29, 1.82) is 0 Å². The molecule has 1 aliphatic heterocycles. The standard InChI is InChI=1S/C11H11NOTe/c1-12-7-9(11(12)13)8-14-10-5-3-2-4-6-10/h2-6,8H,7H2,1H3/b9-8-. The van der Waals surface area contributed by atoms with Gasteiger partial charge in [0, 0.05) is 0 Å². The van der Waals surface area contributed by atoms with Gasteiger partial charge in [0.2, 0.25) is 0 Å². The molecule has 0 N–H and O–H groups in total. The van der Waals surface area contributed by atoms with Crippen molar-refractivity contribution in [2.24, 2.45) is 0 Å². The van der Waals surface area contributed by atoms with Gasteiger partial charge in [0.05, 0.1) is 0 Å². The van der Waals surface area contributed by atoms with Crippen LogP contribution in [0.1, 0.15) is 0 Å². The van der Waals surface area contributed by atoms with Gasteiger partial charge in [0.25, 0.3) is 0 Å². The molecule has 1 heterocycles. The van der Waals surface area contributed by atoms with Crippen molar-refractivity contribution in [3.63, 3.8) is 0 Å². The predicted octanol–water partition coefficient (Wildman–Crippen LogP) is 0.372. The Morgan fingerprint density at radius 2 is 2.07 bits per heavy atom. The molecule has 14 heavy (non-hydrogen) atoms. The van der Waals surface area contributed by atoms with Gasteiger partial charge in [-0.25, -0.2) is 0 Å². The van der Waals surface area contributed by atoms with Gasteiger partial charge in [0.15, 0.2) is 0 Å². The average molecular weight is 301 g/mol. The molecule has 2 nitrogen and oxygen atoms in total. The summed E-state index contributed by atoms with van der Waals surface area (Å²) in [5.74, 6) is 0.200. The van der Waals surface area contributed by atoms with Gasteiger partial charge < -0.3 is 0 Å². The van der Waals surface area contributed by atoms with Gasteiger partial charge in [-0.3, -0.25) is 0 Å². The molecule has 1 amide bonds. The average Bonchev–Trinajstić information content (AvgIpc) is 2.25. The Bertz CT molecular complexity index is 372. The fraction of sp³-hybridized carbons (Fsp3) is 0.182. The van der Waals surface area contributed by atoms with Gasteiger partial charge in [-0.15, -0.1) is 0 Å². The van der Waals surface area contributed by atoms with Crippen molar-refractivity contribution >= 4 is 30.4 Å². The van der Waals surface area contributed by atoms with Crippen LogP contribution in [-0.4, -0.2) is 45.3 Å². The van der Waals surface area contributed by atoms with Crippen molar-refractivity contribution < 1.29 is 4.79 Å². The van der Waals surface area contributed by atoms with Crippen LogP contribution in [0.5, 0.6) is 0 Å². The van der Waals surface area contributed by atoms with Crippen molar-refractivity contribution in [2.45, 2.75) is 0 Å². The Balaban J connectivity index is 1.98. The first-order valence-electron chi connectivity index (χ1n) is 4.43. The third-order valence-electron chi connectivity index (χ3n) is 2.11. The summed E-state index contributed by atoms with van der Waals surface area (Å²) in [6.45, 7) is 0.830. The van der Waals surface area contributed by atoms with Crippen molar-refractivity contribution in [3.8, 4) is 0 Å². The molecular weight excluding hydrogens is 290 g/mol. The summed E-state index contributed by atoms with van der Waals surface area (Å²) in [6.07, 6.45) is 0. The number of amides is 1. The quantitative estimate of drug-likeness (QED) is 0.439. The number of β-lactam (4-membered cyclic amide) rings is 1. The van der Waals surface area contributed by atoms with E-state index in [-0.39, 0.29) is 26.8 Å². The third-order valence-corrected chi connectivity index (χ3v) is 4.81. The maximum absolute atomic E-state index is 11.3. The van der Waals surface area contributed by atoms with Crippen LogP contribution < -0.4 is 3.61 Å². The fourth-order valence-electron chi connectivity index (χ4n) is 1.27. The van der Waals surface area contributed by atoms with E-state index in [1.807, 2.05) is 25.2 Å². The van der Waals surface area contributed by atoms with Crippen LogP contribution >= 0.6 is 0 Å². The molecule has 72 valence electrons. The van der Waals surface area contributed by atoms with Crippen LogP contribution in [0, 0.1) is 0 Å². The molecular formula is C11H11NOTe. The molecule has 1 aromatic carbocycles. The van der Waals surface area contributed by atoms with Crippen LogP contribution in [0.15, 0.2) is 40.0 Å². The summed E-state index contributed by atoms with van der Waals surface area (Å²) in [7, 11) is 1.84. The zero-order valence-corrected chi connectivity index (χ0v) is 10.3. The number of benzene rings is 1. The number of hydrogen-bond donors (Lipinski definition) is 0. The minimum atomic E-state index is -0.303. The second-order valence-corrected chi connectivity index (χ2v) is 5.93. The zero-order valence-electron chi connectivity index (χ0n) is 7.93. The fourth-order valence-corrected chi connectivity index (χ4v) is 3.47. The topological polar surface area (TPSA) is 20.3 Å². The van der Waals surface area contributed by atoms with E-state index < -0.39 is 0 Å². The van der Waals surface area contributed by atoms with E-state index in [0.717, 1.165) is 12.1 Å². The molecule has 0 saturated carbocycles. The van der Waals surface area contributed by atoms with Crippen molar-refractivity contribution in [1.82, 2.24) is 4.90 Å². The first-order chi connectivity index (χ1) is 6.77. The number of nitrogens with zero attached hydrogens (tertiary/aromatic N) is 1. The van der Waals surface area contributed by atoms with Gasteiger partial charge >= 0.3 is 93.8 Å². The number of rotatable bonds is 2. The normalized spacial score (nSPS) is 18.5. The van der Waals surface area contributed by atoms with E-state index >= 15 is 0 Å². The zero-order chi connectivity index (χ0) is 9.97. The van der Waals surface area contributed by atoms with E-state index in [0.29, 0.717) is 0 Å². The molecule has 0 aliphatic carbocycles. The first-order valence-corrected chi connectivity index (χ1v) is 6.94. The summed E-state index contributed by atoms with van der Waals surface area (Å²) in [5, 5.41) is 0. The van der Waals surface area contributed by atoms with Crippen LogP contribution in [0.3, 0.4) is 0 Å². The maximum atomic E-state index is 11.3. The van der Waals surface area contributed by atoms with Gasteiger partial charge in [0.1, 0.15) is 0 Å². The molecule has 2 rings (SSSR count). The number of carbonyl (C=O) groups excluding carboxylic acids is 1. The Morgan fingerprint density at radius 1 is 1.36 bits per heavy atom. The molecule has 0 bridgehead atoms. The molecule has 0 spiro atoms. The monoisotopic (exact) mass is 303 g/mol. The summed E-state index contributed by atoms with van der Waals surface area (Å²) < 4.78 is 3.54. The summed E-state index contributed by atoms with van der Waals surface area (Å²) in [5.41, 5.74) is 0.999. The molecule has 0 radical (unpaired) electrons. The molecule has 0 atom stereocenters. The molecule has 0 aromatic heterocycles. The van der Waals surface area contributed by atoms with E-state index in [2.05, 4.69) is 16.3 Å². The second kappa shape index (κ2) is 4.16. The number of likely N-dealkylation sites (N-methyl/N-ethyl adjacent to an activating group) is 1. The van der Waals surface area contributed by atoms with E-state index in [1.165, 1.54) is 3.61 Å². The predicted molar refractivity (Wildman–Crippen MR) is 57.6 cm³/mol. The summed E-state index contributed by atoms with van der Waals surface area (Å²) in [6, 6.07) is 10.4. The van der Waals surface area contributed by atoms with E-state index in [9.17, 15) is 4.79 Å². The van der Waals surface area contributed by atoms with Crippen LogP contribution in [0.2, 0.25) is 0 Å². The third kappa shape index (κ3) is 2.00. The van der Waals surface area contributed by atoms with Gasteiger partial charge in [-0.2, -0.15) is 0 Å². The minimum absolute atomic E-state index is 0.200. The van der Waals surface area contributed by atoms with Crippen LogP contribution in [0.4, 0.5) is 0 Å². The van der Waals surface area contributed by atoms with E-state index in [1.54, 1.807) is 4.90 Å². The summed E-state index contributed by atoms with van der Waals surface area (Å²) >= 11 is -0.303. The van der Waals surface area contributed by atoms with Crippen molar-refractivity contribution in [3.05, 3.63) is 40.0 Å². The van der Waals surface area contributed by atoms with Gasteiger partial charge in [-0.05, 0) is 0 Å². The Kier molecular flexibility index (Phi) is 2.90. The molecule has 1 fully saturated rings. The molecule has 3 heteroatoms. The number of hydrogen-bond acceptors (Lipinski definition) is 1. The molecule has 1 saturated heterocycles. The molecule has 0 unspecified atom stereocenters. The molecule has 1 aliphatic rings. The Labute approximate surface area is 93.7 Å². The van der Waals surface area contributed by atoms with Gasteiger partial charge in [-0.1, -0.05) is 0 Å². The Morgan fingerprint density at radius 3 is 2.64 bits per heavy atom.